The maximum absolute atomic E-state index is 12.1. The molecule has 1 amide bonds. The van der Waals surface area contributed by atoms with Gasteiger partial charge >= 0.3 is 0 Å². The fourth-order valence-electron chi connectivity index (χ4n) is 2.43. The van der Waals surface area contributed by atoms with Gasteiger partial charge < -0.3 is 5.32 Å². The number of unbranched alkanes of at least 4 members (excludes halogenated alkanes) is 1. The zero-order valence-electron chi connectivity index (χ0n) is 15.1. The molecule has 0 aliphatic rings. The number of amides is 1. The second-order valence-corrected chi connectivity index (χ2v) is 8.19. The van der Waals surface area contributed by atoms with Crippen molar-refractivity contribution in [2.24, 2.45) is 0 Å². The van der Waals surface area contributed by atoms with E-state index in [-0.39, 0.29) is 5.91 Å². The van der Waals surface area contributed by atoms with E-state index in [4.69, 9.17) is 11.6 Å². The summed E-state index contributed by atoms with van der Waals surface area (Å²) in [5.41, 5.74) is 1.39. The Morgan fingerprint density at radius 3 is 3.00 bits per heavy atom. The summed E-state index contributed by atoms with van der Waals surface area (Å²) in [5.74, 6) is 1.29. The number of nitrogens with zero attached hydrogens (tertiary/aromatic N) is 4. The molecule has 0 unspecified atom stereocenters. The molecule has 0 bridgehead atoms. The summed E-state index contributed by atoms with van der Waals surface area (Å²) in [6.45, 7) is 4.67. The summed E-state index contributed by atoms with van der Waals surface area (Å²) in [6, 6.07) is 7.58. The van der Waals surface area contributed by atoms with Crippen LogP contribution in [-0.4, -0.2) is 32.2 Å². The quantitative estimate of drug-likeness (QED) is 0.428. The Bertz CT molecular complexity index is 924. The summed E-state index contributed by atoms with van der Waals surface area (Å²) in [7, 11) is 0. The van der Waals surface area contributed by atoms with E-state index in [0.717, 1.165) is 34.5 Å². The monoisotopic (exact) mass is 421 g/mol. The van der Waals surface area contributed by atoms with Crippen LogP contribution >= 0.6 is 34.7 Å². The van der Waals surface area contributed by atoms with Gasteiger partial charge in [0.05, 0.1) is 11.4 Å². The van der Waals surface area contributed by atoms with Gasteiger partial charge in [-0.3, -0.25) is 9.36 Å². The maximum atomic E-state index is 12.1. The number of nitrogens with one attached hydrogen (secondary N) is 1. The molecular formula is C18H20ClN5OS2. The van der Waals surface area contributed by atoms with Gasteiger partial charge in [-0.2, -0.15) is 0 Å². The number of hydrogen-bond donors (Lipinski definition) is 1. The largest absolute Gasteiger partial charge is 0.351 e. The van der Waals surface area contributed by atoms with Crippen molar-refractivity contribution in [3.63, 3.8) is 0 Å². The Morgan fingerprint density at radius 2 is 2.22 bits per heavy atom. The van der Waals surface area contributed by atoms with Crippen LogP contribution in [0.4, 0.5) is 0 Å². The Morgan fingerprint density at radius 1 is 1.37 bits per heavy atom. The topological polar surface area (TPSA) is 72.7 Å². The number of rotatable bonds is 8. The number of benzene rings is 1. The number of carbonyl (C=O) groups is 1. The molecule has 0 spiro atoms. The average molecular weight is 422 g/mol. The van der Waals surface area contributed by atoms with Crippen molar-refractivity contribution in [3.8, 4) is 5.69 Å². The lowest BCUT2D eigenvalue weighted by Gasteiger charge is -2.08. The van der Waals surface area contributed by atoms with Gasteiger partial charge in [-0.05, 0) is 31.5 Å². The van der Waals surface area contributed by atoms with Crippen LogP contribution in [0.15, 0.2) is 34.8 Å². The number of aromatic nitrogens is 4. The second-order valence-electron chi connectivity index (χ2n) is 5.87. The molecule has 0 radical (unpaired) electrons. The lowest BCUT2D eigenvalue weighted by molar-refractivity contribution is 0.0948. The molecule has 142 valence electrons. The summed E-state index contributed by atoms with van der Waals surface area (Å²) in [6.07, 6.45) is 2.02. The van der Waals surface area contributed by atoms with E-state index < -0.39 is 0 Å². The molecule has 9 heteroatoms. The highest BCUT2D eigenvalue weighted by Gasteiger charge is 2.14. The van der Waals surface area contributed by atoms with Crippen molar-refractivity contribution in [1.29, 1.82) is 0 Å². The van der Waals surface area contributed by atoms with Crippen LogP contribution < -0.4 is 5.32 Å². The SMILES string of the molecule is CCCCNC(=O)c1csc(CSc2nnc(C)n2-c2cccc(Cl)c2)n1. The Hall–Kier alpha value is -1.90. The normalized spacial score (nSPS) is 10.9. The molecule has 0 saturated carbocycles. The predicted octanol–water partition coefficient (Wildman–Crippen LogP) is 4.51. The van der Waals surface area contributed by atoms with Crippen LogP contribution in [0.5, 0.6) is 0 Å². The summed E-state index contributed by atoms with van der Waals surface area (Å²) >= 11 is 9.12. The van der Waals surface area contributed by atoms with Crippen LogP contribution in [0, 0.1) is 6.92 Å². The third-order valence-electron chi connectivity index (χ3n) is 3.79. The molecule has 1 aromatic carbocycles. The van der Waals surface area contributed by atoms with Crippen LogP contribution in [0.3, 0.4) is 0 Å². The van der Waals surface area contributed by atoms with Crippen molar-refractivity contribution in [1.82, 2.24) is 25.1 Å². The van der Waals surface area contributed by atoms with Crippen LogP contribution in [0.2, 0.25) is 5.02 Å². The first-order valence-electron chi connectivity index (χ1n) is 8.62. The van der Waals surface area contributed by atoms with Gasteiger partial charge in [-0.25, -0.2) is 4.98 Å². The van der Waals surface area contributed by atoms with Crippen molar-refractivity contribution in [2.75, 3.05) is 6.54 Å². The van der Waals surface area contributed by atoms with Crippen molar-refractivity contribution < 1.29 is 4.79 Å². The van der Waals surface area contributed by atoms with Gasteiger partial charge in [0.2, 0.25) is 0 Å². The molecule has 0 saturated heterocycles. The fraction of sp³-hybridized carbons (Fsp3) is 0.333. The van der Waals surface area contributed by atoms with Gasteiger partial charge in [0.15, 0.2) is 5.16 Å². The highest BCUT2D eigenvalue weighted by atomic mass is 35.5. The number of hydrogen-bond acceptors (Lipinski definition) is 6. The van der Waals surface area contributed by atoms with Gasteiger partial charge in [-0.15, -0.1) is 21.5 Å². The van der Waals surface area contributed by atoms with E-state index in [2.05, 4.69) is 27.4 Å². The molecule has 2 heterocycles. The molecule has 0 aliphatic heterocycles. The molecule has 6 nitrogen and oxygen atoms in total. The van der Waals surface area contributed by atoms with Crippen LogP contribution in [0.1, 0.15) is 41.1 Å². The number of halogens is 1. The number of thiazole rings is 1. The molecular weight excluding hydrogens is 402 g/mol. The molecule has 0 aliphatic carbocycles. The standard InChI is InChI=1S/C18H20ClN5OS2/c1-3-4-8-20-17(25)15-10-26-16(21-15)11-27-18-23-22-12(2)24(18)14-7-5-6-13(19)9-14/h5-7,9-10H,3-4,8,11H2,1-2H3,(H,20,25). The average Bonchev–Trinajstić information content (AvgIpc) is 3.27. The molecule has 1 N–H and O–H groups in total. The van der Waals surface area contributed by atoms with Crippen molar-refractivity contribution in [2.45, 2.75) is 37.6 Å². The molecule has 27 heavy (non-hydrogen) atoms. The van der Waals surface area contributed by atoms with Gasteiger partial charge in [0.1, 0.15) is 16.5 Å². The lowest BCUT2D eigenvalue weighted by atomic mass is 10.3. The highest BCUT2D eigenvalue weighted by Crippen LogP contribution is 2.27. The van der Waals surface area contributed by atoms with Crippen molar-refractivity contribution in [3.05, 3.63) is 51.2 Å². The second kappa shape index (κ2) is 9.34. The number of carbonyl (C=O) groups excluding carboxylic acids is 1. The first-order chi connectivity index (χ1) is 13.1. The lowest BCUT2D eigenvalue weighted by Crippen LogP contribution is -2.24. The molecule has 0 fully saturated rings. The number of aryl methyl sites for hydroxylation is 1. The minimum Gasteiger partial charge on any atom is -0.351 e. The smallest absolute Gasteiger partial charge is 0.270 e. The summed E-state index contributed by atoms with van der Waals surface area (Å²) < 4.78 is 1.96. The molecule has 3 aromatic rings. The minimum absolute atomic E-state index is 0.117. The fourth-order valence-corrected chi connectivity index (χ4v) is 4.40. The van der Waals surface area contributed by atoms with E-state index in [1.165, 1.54) is 23.1 Å². The number of thioether (sulfide) groups is 1. The van der Waals surface area contributed by atoms with E-state index in [9.17, 15) is 4.79 Å². The van der Waals surface area contributed by atoms with Crippen molar-refractivity contribution >= 4 is 40.6 Å². The highest BCUT2D eigenvalue weighted by molar-refractivity contribution is 7.98. The zero-order valence-corrected chi connectivity index (χ0v) is 17.5. The van der Waals surface area contributed by atoms with E-state index in [0.29, 0.717) is 23.0 Å². The van der Waals surface area contributed by atoms with E-state index in [1.54, 1.807) is 5.38 Å². The van der Waals surface area contributed by atoms with Crippen LogP contribution in [-0.2, 0) is 5.75 Å². The summed E-state index contributed by atoms with van der Waals surface area (Å²) in [5, 5.41) is 15.4. The predicted molar refractivity (Wildman–Crippen MR) is 110 cm³/mol. The third-order valence-corrected chi connectivity index (χ3v) is 5.99. The Labute approximate surface area is 171 Å². The third kappa shape index (κ3) is 5.09. The first kappa shape index (κ1) is 19.9. The van der Waals surface area contributed by atoms with E-state index >= 15 is 0 Å². The molecule has 3 rings (SSSR count). The first-order valence-corrected chi connectivity index (χ1v) is 10.9. The zero-order chi connectivity index (χ0) is 19.2. The van der Waals surface area contributed by atoms with E-state index in [1.807, 2.05) is 35.8 Å². The van der Waals surface area contributed by atoms with Gasteiger partial charge in [0.25, 0.3) is 5.91 Å². The van der Waals surface area contributed by atoms with Crippen LogP contribution in [0.25, 0.3) is 5.69 Å². The molecule has 0 atom stereocenters. The minimum atomic E-state index is -0.117. The van der Waals surface area contributed by atoms with Gasteiger partial charge in [0, 0.05) is 16.9 Å². The Kier molecular flexibility index (Phi) is 6.87. The Balaban J connectivity index is 1.67. The van der Waals surface area contributed by atoms with Gasteiger partial charge in [-0.1, -0.05) is 42.8 Å². The maximum Gasteiger partial charge on any atom is 0.270 e. The summed E-state index contributed by atoms with van der Waals surface area (Å²) in [4.78, 5) is 16.5. The molecule has 2 aromatic heterocycles.